The van der Waals surface area contributed by atoms with Crippen LogP contribution in [-0.2, 0) is 0 Å². The first-order chi connectivity index (χ1) is 6.31. The van der Waals surface area contributed by atoms with Crippen LogP contribution in [0.5, 0.6) is 0 Å². The van der Waals surface area contributed by atoms with E-state index in [1.807, 2.05) is 6.08 Å². The van der Waals surface area contributed by atoms with Gasteiger partial charge in [0.05, 0.1) is 0 Å². The maximum atomic E-state index is 3.73. The molecule has 0 aliphatic rings. The molecule has 0 bridgehead atoms. The highest BCUT2D eigenvalue weighted by Crippen LogP contribution is 2.17. The van der Waals surface area contributed by atoms with Gasteiger partial charge in [0.25, 0.3) is 0 Å². The minimum atomic E-state index is 0.740. The zero-order chi connectivity index (χ0) is 9.94. The van der Waals surface area contributed by atoms with Crippen LogP contribution < -0.4 is 0 Å². The fraction of sp³-hybridized carbons (Fsp3) is 0.833. The topological polar surface area (TPSA) is 0 Å². The van der Waals surface area contributed by atoms with Crippen molar-refractivity contribution >= 4 is 15.9 Å². The number of alkyl halides is 1. The highest BCUT2D eigenvalue weighted by molar-refractivity contribution is 9.09. The molecular weight excluding hydrogens is 224 g/mol. The highest BCUT2D eigenvalue weighted by atomic mass is 79.9. The monoisotopic (exact) mass is 246 g/mol. The van der Waals surface area contributed by atoms with Crippen molar-refractivity contribution in [3.05, 3.63) is 12.7 Å². The number of hydrogen-bond donors (Lipinski definition) is 0. The van der Waals surface area contributed by atoms with Crippen LogP contribution in [0.4, 0.5) is 0 Å². The van der Waals surface area contributed by atoms with Crippen LogP contribution in [0.2, 0.25) is 0 Å². The minimum absolute atomic E-state index is 0.740. The third-order valence-corrected chi connectivity index (χ3v) is 3.21. The molecule has 0 rings (SSSR count). The molecule has 1 unspecified atom stereocenters. The summed E-state index contributed by atoms with van der Waals surface area (Å²) in [7, 11) is 0. The quantitative estimate of drug-likeness (QED) is 0.303. The van der Waals surface area contributed by atoms with Crippen LogP contribution in [-0.4, -0.2) is 4.83 Å². The minimum Gasteiger partial charge on any atom is -0.103 e. The van der Waals surface area contributed by atoms with Crippen LogP contribution in [0.1, 0.15) is 58.3 Å². The lowest BCUT2D eigenvalue weighted by Crippen LogP contribution is -1.97. The largest absolute Gasteiger partial charge is 0.103 e. The van der Waals surface area contributed by atoms with Crippen molar-refractivity contribution in [1.82, 2.24) is 0 Å². The first kappa shape index (κ1) is 13.2. The Bertz CT molecular complexity index is 110. The average molecular weight is 247 g/mol. The Morgan fingerprint density at radius 2 is 1.85 bits per heavy atom. The van der Waals surface area contributed by atoms with E-state index in [-0.39, 0.29) is 0 Å². The molecule has 13 heavy (non-hydrogen) atoms. The molecule has 1 heteroatoms. The smallest absolute Gasteiger partial charge is 0.0145 e. The summed E-state index contributed by atoms with van der Waals surface area (Å²) in [4.78, 5) is 0.740. The second kappa shape index (κ2) is 10.3. The van der Waals surface area contributed by atoms with Crippen molar-refractivity contribution < 1.29 is 0 Å². The van der Waals surface area contributed by atoms with Gasteiger partial charge in [0.1, 0.15) is 0 Å². The van der Waals surface area contributed by atoms with Gasteiger partial charge in [0, 0.05) is 4.83 Å². The molecule has 0 aromatic rings. The van der Waals surface area contributed by atoms with E-state index in [2.05, 4.69) is 29.4 Å². The molecular formula is C12H23Br. The highest BCUT2D eigenvalue weighted by Gasteiger charge is 2.02. The zero-order valence-electron chi connectivity index (χ0n) is 8.90. The average Bonchev–Trinajstić information content (AvgIpc) is 2.13. The van der Waals surface area contributed by atoms with Gasteiger partial charge >= 0.3 is 0 Å². The third kappa shape index (κ3) is 10.1. The molecule has 0 aliphatic heterocycles. The molecule has 0 saturated heterocycles. The molecule has 0 nitrogen and oxygen atoms in total. The number of rotatable bonds is 9. The van der Waals surface area contributed by atoms with Crippen LogP contribution in [0.25, 0.3) is 0 Å². The van der Waals surface area contributed by atoms with E-state index in [0.29, 0.717) is 0 Å². The normalized spacial score (nSPS) is 12.8. The van der Waals surface area contributed by atoms with E-state index >= 15 is 0 Å². The maximum absolute atomic E-state index is 3.73. The molecule has 78 valence electrons. The molecule has 0 spiro atoms. The molecule has 0 radical (unpaired) electrons. The van der Waals surface area contributed by atoms with Crippen molar-refractivity contribution in [3.63, 3.8) is 0 Å². The fourth-order valence-corrected chi connectivity index (χ4v) is 2.07. The van der Waals surface area contributed by atoms with Crippen LogP contribution in [0, 0.1) is 0 Å². The lowest BCUT2D eigenvalue weighted by molar-refractivity contribution is 0.593. The first-order valence-corrected chi connectivity index (χ1v) is 6.47. The Balaban J connectivity index is 3.09. The Kier molecular flexibility index (Phi) is 10.5. The second-order valence-electron chi connectivity index (χ2n) is 3.67. The lowest BCUT2D eigenvalue weighted by Gasteiger charge is -2.07. The summed E-state index contributed by atoms with van der Waals surface area (Å²) in [5.41, 5.74) is 0. The second-order valence-corrected chi connectivity index (χ2v) is 4.96. The summed E-state index contributed by atoms with van der Waals surface area (Å²) in [6.45, 7) is 5.99. The van der Waals surface area contributed by atoms with Gasteiger partial charge in [-0.15, -0.1) is 6.58 Å². The summed E-state index contributed by atoms with van der Waals surface area (Å²) in [6.07, 6.45) is 12.6. The Labute approximate surface area is 91.9 Å². The number of halogens is 1. The van der Waals surface area contributed by atoms with E-state index in [1.165, 1.54) is 44.9 Å². The van der Waals surface area contributed by atoms with E-state index < -0.39 is 0 Å². The molecule has 0 aliphatic carbocycles. The Morgan fingerprint density at radius 1 is 1.15 bits per heavy atom. The molecule has 0 fully saturated rings. The number of hydrogen-bond acceptors (Lipinski definition) is 0. The first-order valence-electron chi connectivity index (χ1n) is 5.56. The molecule has 1 atom stereocenters. The van der Waals surface area contributed by atoms with E-state index in [0.717, 1.165) is 11.2 Å². The summed E-state index contributed by atoms with van der Waals surface area (Å²) in [6, 6.07) is 0. The van der Waals surface area contributed by atoms with Crippen LogP contribution >= 0.6 is 15.9 Å². The Hall–Kier alpha value is 0.220. The van der Waals surface area contributed by atoms with Crippen molar-refractivity contribution in [2.75, 3.05) is 0 Å². The third-order valence-electron chi connectivity index (χ3n) is 2.30. The van der Waals surface area contributed by atoms with Crippen molar-refractivity contribution in [1.29, 1.82) is 0 Å². The molecule has 0 aromatic heterocycles. The van der Waals surface area contributed by atoms with Crippen LogP contribution in [0.3, 0.4) is 0 Å². The summed E-state index contributed by atoms with van der Waals surface area (Å²) in [5, 5.41) is 0. The van der Waals surface area contributed by atoms with Gasteiger partial charge in [0.2, 0.25) is 0 Å². The van der Waals surface area contributed by atoms with Crippen molar-refractivity contribution in [2.45, 2.75) is 63.1 Å². The maximum Gasteiger partial charge on any atom is 0.0145 e. The van der Waals surface area contributed by atoms with Gasteiger partial charge in [-0.3, -0.25) is 0 Å². The molecule has 0 heterocycles. The van der Waals surface area contributed by atoms with Crippen molar-refractivity contribution in [2.24, 2.45) is 0 Å². The van der Waals surface area contributed by atoms with Gasteiger partial charge in [-0.05, 0) is 25.7 Å². The van der Waals surface area contributed by atoms with E-state index in [4.69, 9.17) is 0 Å². The van der Waals surface area contributed by atoms with E-state index in [1.54, 1.807) is 0 Å². The molecule has 0 amide bonds. The number of allylic oxidation sites excluding steroid dienone is 1. The van der Waals surface area contributed by atoms with E-state index in [9.17, 15) is 0 Å². The number of unbranched alkanes of at least 4 members (excludes halogenated alkanes) is 4. The van der Waals surface area contributed by atoms with Crippen LogP contribution in [0.15, 0.2) is 12.7 Å². The Morgan fingerprint density at radius 3 is 2.46 bits per heavy atom. The predicted octanol–water partition coefficient (Wildman–Crippen LogP) is 5.08. The summed E-state index contributed by atoms with van der Waals surface area (Å²) < 4.78 is 0. The van der Waals surface area contributed by atoms with Gasteiger partial charge < -0.3 is 0 Å². The standard InChI is InChI=1S/C12H23Br/c1-3-5-7-9-11-12(13)10-8-6-4-2/h4,12H,2-3,5-11H2,1H3. The summed E-state index contributed by atoms with van der Waals surface area (Å²) in [5.74, 6) is 0. The molecule has 0 N–H and O–H groups in total. The molecule has 0 aromatic carbocycles. The van der Waals surface area contributed by atoms with Gasteiger partial charge in [-0.25, -0.2) is 0 Å². The SMILES string of the molecule is C=CCCCC(Br)CCCCCC. The lowest BCUT2D eigenvalue weighted by atomic mass is 10.1. The fourth-order valence-electron chi connectivity index (χ4n) is 1.42. The molecule has 0 saturated carbocycles. The zero-order valence-corrected chi connectivity index (χ0v) is 10.5. The van der Waals surface area contributed by atoms with Gasteiger partial charge in [-0.2, -0.15) is 0 Å². The van der Waals surface area contributed by atoms with Gasteiger partial charge in [0.15, 0.2) is 0 Å². The predicted molar refractivity (Wildman–Crippen MR) is 65.5 cm³/mol. The summed E-state index contributed by atoms with van der Waals surface area (Å²) >= 11 is 3.73. The van der Waals surface area contributed by atoms with Crippen molar-refractivity contribution in [3.8, 4) is 0 Å². The van der Waals surface area contributed by atoms with Gasteiger partial charge in [-0.1, -0.05) is 54.6 Å².